The van der Waals surface area contributed by atoms with E-state index >= 15 is 0 Å². The summed E-state index contributed by atoms with van der Waals surface area (Å²) in [4.78, 5) is 28.6. The molecule has 1 aliphatic heterocycles. The predicted molar refractivity (Wildman–Crippen MR) is 85.2 cm³/mol. The van der Waals surface area contributed by atoms with Crippen molar-refractivity contribution in [2.45, 2.75) is 65.1 Å². The minimum absolute atomic E-state index is 0.0380. The number of carbonyl (C=O) groups is 2. The number of nitrogens with zero attached hydrogens (tertiary/aromatic N) is 1. The second-order valence-corrected chi connectivity index (χ2v) is 6.99. The van der Waals surface area contributed by atoms with Gasteiger partial charge in [-0.1, -0.05) is 13.8 Å². The Morgan fingerprint density at radius 3 is 2.52 bits per heavy atom. The normalized spacial score (nSPS) is 20.6. The van der Waals surface area contributed by atoms with Crippen molar-refractivity contribution in [2.75, 3.05) is 0 Å². The van der Waals surface area contributed by atoms with Crippen molar-refractivity contribution in [3.63, 3.8) is 0 Å². The molecule has 0 saturated carbocycles. The summed E-state index contributed by atoms with van der Waals surface area (Å²) in [6, 6.07) is 3.91. The Morgan fingerprint density at radius 1 is 1.33 bits per heavy atom. The van der Waals surface area contributed by atoms with Crippen LogP contribution in [0.3, 0.4) is 0 Å². The number of likely N-dealkylation sites (tertiary alicyclic amines) is 1. The topological polar surface area (TPSA) is 49.4 Å². The minimum atomic E-state index is -0.379. The molecule has 1 N–H and O–H groups in total. The molecule has 0 bridgehead atoms. The van der Waals surface area contributed by atoms with Gasteiger partial charge < -0.3 is 0 Å². The quantitative estimate of drug-likeness (QED) is 0.822. The van der Waals surface area contributed by atoms with E-state index in [1.807, 2.05) is 20.8 Å². The molecule has 0 spiro atoms. The van der Waals surface area contributed by atoms with Gasteiger partial charge in [0.25, 0.3) is 0 Å². The van der Waals surface area contributed by atoms with Crippen LogP contribution in [0.4, 0.5) is 0 Å². The molecule has 2 amide bonds. The first-order valence-electron chi connectivity index (χ1n) is 7.66. The zero-order chi connectivity index (χ0) is 15.6. The lowest BCUT2D eigenvalue weighted by Crippen LogP contribution is -2.44. The van der Waals surface area contributed by atoms with Gasteiger partial charge >= 0.3 is 0 Å². The zero-order valence-corrected chi connectivity index (χ0v) is 14.0. The standard InChI is InChI=1S/C16H24N2O2S/c1-5-12(6-2)18-15(19)9-13(16(18)20)17-11(4)14-8-7-10(3)21-14/h7-8,11-13,17H,5-6,9H2,1-4H3. The molecule has 1 fully saturated rings. The van der Waals surface area contributed by atoms with Gasteiger partial charge in [-0.15, -0.1) is 11.3 Å². The van der Waals surface area contributed by atoms with Crippen molar-refractivity contribution in [3.8, 4) is 0 Å². The van der Waals surface area contributed by atoms with Gasteiger partial charge in [-0.05, 0) is 38.8 Å². The average molecular weight is 308 g/mol. The third-order valence-corrected chi connectivity index (χ3v) is 5.31. The van der Waals surface area contributed by atoms with Crippen LogP contribution in [-0.4, -0.2) is 28.8 Å². The van der Waals surface area contributed by atoms with Crippen molar-refractivity contribution in [2.24, 2.45) is 0 Å². The largest absolute Gasteiger partial charge is 0.298 e. The van der Waals surface area contributed by atoms with E-state index in [2.05, 4.69) is 24.4 Å². The smallest absolute Gasteiger partial charge is 0.247 e. The molecule has 1 aromatic rings. The number of hydrogen-bond donors (Lipinski definition) is 1. The lowest BCUT2D eigenvalue weighted by molar-refractivity contribution is -0.141. The molecule has 0 aliphatic carbocycles. The van der Waals surface area contributed by atoms with E-state index in [9.17, 15) is 9.59 Å². The lowest BCUT2D eigenvalue weighted by Gasteiger charge is -2.25. The molecular formula is C16H24N2O2S. The molecule has 21 heavy (non-hydrogen) atoms. The Hall–Kier alpha value is -1.20. The fraction of sp³-hybridized carbons (Fsp3) is 0.625. The predicted octanol–water partition coefficient (Wildman–Crippen LogP) is 3.02. The second kappa shape index (κ2) is 6.71. The second-order valence-electron chi connectivity index (χ2n) is 5.67. The molecule has 5 heteroatoms. The molecule has 2 rings (SSSR count). The summed E-state index contributed by atoms with van der Waals surface area (Å²) in [6.07, 6.45) is 1.92. The van der Waals surface area contributed by atoms with Crippen molar-refractivity contribution in [1.82, 2.24) is 10.2 Å². The molecule has 0 aromatic carbocycles. The van der Waals surface area contributed by atoms with Crippen LogP contribution in [0.15, 0.2) is 12.1 Å². The highest BCUT2D eigenvalue weighted by Gasteiger charge is 2.41. The summed E-state index contributed by atoms with van der Waals surface area (Å²) < 4.78 is 0. The first-order chi connectivity index (χ1) is 9.97. The van der Waals surface area contributed by atoms with Crippen LogP contribution in [0.25, 0.3) is 0 Å². The van der Waals surface area contributed by atoms with Crippen LogP contribution < -0.4 is 5.32 Å². The van der Waals surface area contributed by atoms with Crippen LogP contribution in [0, 0.1) is 6.92 Å². The van der Waals surface area contributed by atoms with Crippen molar-refractivity contribution in [1.29, 1.82) is 0 Å². The van der Waals surface area contributed by atoms with Crippen LogP contribution in [0.2, 0.25) is 0 Å². The highest BCUT2D eigenvalue weighted by Crippen LogP contribution is 2.26. The summed E-state index contributed by atoms with van der Waals surface area (Å²) in [6.45, 7) is 8.15. The summed E-state index contributed by atoms with van der Waals surface area (Å²) in [7, 11) is 0. The van der Waals surface area contributed by atoms with E-state index in [0.29, 0.717) is 0 Å². The first-order valence-corrected chi connectivity index (χ1v) is 8.47. The van der Waals surface area contributed by atoms with E-state index in [1.54, 1.807) is 11.3 Å². The van der Waals surface area contributed by atoms with Crippen molar-refractivity contribution in [3.05, 3.63) is 21.9 Å². The number of hydrogen-bond acceptors (Lipinski definition) is 4. The van der Waals surface area contributed by atoms with Crippen molar-refractivity contribution >= 4 is 23.2 Å². The number of nitrogens with one attached hydrogen (secondary N) is 1. The third-order valence-electron chi connectivity index (χ3n) is 4.13. The molecule has 4 nitrogen and oxygen atoms in total. The van der Waals surface area contributed by atoms with E-state index in [-0.39, 0.29) is 36.4 Å². The Balaban J connectivity index is 2.05. The molecule has 1 aromatic heterocycles. The number of thiophene rings is 1. The molecule has 2 unspecified atom stereocenters. The highest BCUT2D eigenvalue weighted by molar-refractivity contribution is 7.12. The fourth-order valence-electron chi connectivity index (χ4n) is 2.89. The van der Waals surface area contributed by atoms with Crippen LogP contribution in [0.5, 0.6) is 0 Å². The van der Waals surface area contributed by atoms with Gasteiger partial charge in [0, 0.05) is 21.8 Å². The van der Waals surface area contributed by atoms with E-state index in [4.69, 9.17) is 0 Å². The van der Waals surface area contributed by atoms with Gasteiger partial charge in [0.05, 0.1) is 12.5 Å². The fourth-order valence-corrected chi connectivity index (χ4v) is 3.78. The maximum absolute atomic E-state index is 12.5. The van der Waals surface area contributed by atoms with Gasteiger partial charge in [0.2, 0.25) is 11.8 Å². The Kier molecular flexibility index (Phi) is 5.17. The monoisotopic (exact) mass is 308 g/mol. The van der Waals surface area contributed by atoms with E-state index < -0.39 is 0 Å². The Bertz CT molecular complexity index is 522. The van der Waals surface area contributed by atoms with Crippen LogP contribution in [-0.2, 0) is 9.59 Å². The Labute approximate surface area is 130 Å². The first kappa shape index (κ1) is 16.2. The number of rotatable bonds is 6. The zero-order valence-electron chi connectivity index (χ0n) is 13.2. The molecule has 1 saturated heterocycles. The average Bonchev–Trinajstić information content (AvgIpc) is 2.99. The number of imide groups is 1. The van der Waals surface area contributed by atoms with Crippen molar-refractivity contribution < 1.29 is 9.59 Å². The highest BCUT2D eigenvalue weighted by atomic mass is 32.1. The van der Waals surface area contributed by atoms with Gasteiger partial charge in [0.15, 0.2) is 0 Å². The number of aryl methyl sites for hydroxylation is 1. The maximum atomic E-state index is 12.5. The molecule has 116 valence electrons. The molecular weight excluding hydrogens is 284 g/mol. The van der Waals surface area contributed by atoms with Crippen LogP contribution in [0.1, 0.15) is 55.8 Å². The summed E-state index contributed by atoms with van der Waals surface area (Å²) in [5, 5.41) is 3.32. The lowest BCUT2D eigenvalue weighted by atomic mass is 10.1. The third kappa shape index (κ3) is 3.35. The Morgan fingerprint density at radius 2 is 2.00 bits per heavy atom. The van der Waals surface area contributed by atoms with E-state index in [0.717, 1.165) is 12.8 Å². The molecule has 2 atom stereocenters. The molecule has 2 heterocycles. The number of carbonyl (C=O) groups excluding carboxylic acids is 2. The summed E-state index contributed by atoms with van der Waals surface area (Å²) >= 11 is 1.73. The molecule has 0 radical (unpaired) electrons. The minimum Gasteiger partial charge on any atom is -0.298 e. The van der Waals surface area contributed by atoms with Gasteiger partial charge in [-0.3, -0.25) is 19.8 Å². The maximum Gasteiger partial charge on any atom is 0.247 e. The summed E-state index contributed by atoms with van der Waals surface area (Å²) in [5.74, 6) is -0.102. The van der Waals surface area contributed by atoms with Crippen LogP contribution >= 0.6 is 11.3 Å². The number of amides is 2. The van der Waals surface area contributed by atoms with E-state index in [1.165, 1.54) is 14.7 Å². The summed E-state index contributed by atoms with van der Waals surface area (Å²) in [5.41, 5.74) is 0. The van der Waals surface area contributed by atoms with Gasteiger partial charge in [-0.2, -0.15) is 0 Å². The van der Waals surface area contributed by atoms with Gasteiger partial charge in [-0.25, -0.2) is 0 Å². The molecule has 1 aliphatic rings. The van der Waals surface area contributed by atoms with Gasteiger partial charge in [0.1, 0.15) is 0 Å². The SMILES string of the molecule is CCC(CC)N1C(=O)CC(NC(C)c2ccc(C)s2)C1=O.